The van der Waals surface area contributed by atoms with Gasteiger partial charge in [0.15, 0.2) is 0 Å². The Morgan fingerprint density at radius 2 is 2.33 bits per heavy atom. The summed E-state index contributed by atoms with van der Waals surface area (Å²) in [6, 6.07) is 6.20. The van der Waals surface area contributed by atoms with Gasteiger partial charge in [-0.15, -0.1) is 0 Å². The van der Waals surface area contributed by atoms with E-state index in [0.29, 0.717) is 0 Å². The fourth-order valence-electron chi connectivity index (χ4n) is 2.05. The number of halogens is 1. The molecular formula is C12H16BrNO. The Kier molecular flexibility index (Phi) is 3.32. The van der Waals surface area contributed by atoms with Crippen molar-refractivity contribution in [1.82, 2.24) is 0 Å². The van der Waals surface area contributed by atoms with Crippen LogP contribution in [0.15, 0.2) is 22.7 Å². The van der Waals surface area contributed by atoms with Crippen molar-refractivity contribution in [3.8, 4) is 5.75 Å². The van der Waals surface area contributed by atoms with Crippen molar-refractivity contribution in [2.24, 2.45) is 5.73 Å². The molecule has 0 fully saturated rings. The highest BCUT2D eigenvalue weighted by atomic mass is 79.9. The van der Waals surface area contributed by atoms with Crippen molar-refractivity contribution < 1.29 is 4.74 Å². The van der Waals surface area contributed by atoms with Crippen LogP contribution in [0.2, 0.25) is 0 Å². The molecule has 1 unspecified atom stereocenters. The third kappa shape index (κ3) is 2.34. The molecule has 0 bridgehead atoms. The zero-order valence-corrected chi connectivity index (χ0v) is 10.5. The summed E-state index contributed by atoms with van der Waals surface area (Å²) in [5.74, 6) is 0.946. The number of ether oxygens (including phenoxy) is 1. The third-order valence-electron chi connectivity index (χ3n) is 2.80. The zero-order chi connectivity index (χ0) is 10.8. The van der Waals surface area contributed by atoms with Crippen LogP contribution in [0.25, 0.3) is 0 Å². The van der Waals surface area contributed by atoms with Crippen LogP contribution < -0.4 is 10.5 Å². The van der Waals surface area contributed by atoms with Gasteiger partial charge in [-0.1, -0.05) is 35.3 Å². The Bertz CT molecular complexity index is 353. The first-order valence-corrected chi connectivity index (χ1v) is 6.21. The molecule has 15 heavy (non-hydrogen) atoms. The molecule has 2 rings (SSSR count). The lowest BCUT2D eigenvalue weighted by Crippen LogP contribution is -2.29. The highest BCUT2D eigenvalue weighted by Crippen LogP contribution is 2.36. The number of rotatable bonds is 2. The summed E-state index contributed by atoms with van der Waals surface area (Å²) in [6.45, 7) is 2.17. The molecule has 1 aliphatic heterocycles. The lowest BCUT2D eigenvalue weighted by atomic mass is 9.95. The minimum absolute atomic E-state index is 0.124. The Hall–Kier alpha value is -0.540. The molecule has 1 aliphatic rings. The van der Waals surface area contributed by atoms with E-state index >= 15 is 0 Å². The van der Waals surface area contributed by atoms with E-state index in [4.69, 9.17) is 10.5 Å². The van der Waals surface area contributed by atoms with Crippen LogP contribution in [0, 0.1) is 0 Å². The highest BCUT2D eigenvalue weighted by molar-refractivity contribution is 9.10. The van der Waals surface area contributed by atoms with Crippen LogP contribution in [0.4, 0.5) is 0 Å². The van der Waals surface area contributed by atoms with E-state index in [1.807, 2.05) is 18.2 Å². The largest absolute Gasteiger partial charge is 0.490 e. The average Bonchev–Trinajstić information content (AvgIpc) is 2.17. The van der Waals surface area contributed by atoms with Gasteiger partial charge in [-0.2, -0.15) is 0 Å². The molecule has 1 aromatic carbocycles. The standard InChI is InChI=1S/C12H16BrNO/c1-2-3-9-7-11(14)10-5-4-8(13)6-12(10)15-9/h4-6,9,11H,2-3,7,14H2,1H3/t9?,11-/m0/s1. The second kappa shape index (κ2) is 4.54. The molecule has 82 valence electrons. The van der Waals surface area contributed by atoms with Gasteiger partial charge in [0.2, 0.25) is 0 Å². The van der Waals surface area contributed by atoms with Gasteiger partial charge in [0.05, 0.1) is 0 Å². The summed E-state index contributed by atoms with van der Waals surface area (Å²) in [5.41, 5.74) is 7.25. The summed E-state index contributed by atoms with van der Waals surface area (Å²) in [6.07, 6.45) is 3.44. The summed E-state index contributed by atoms with van der Waals surface area (Å²) < 4.78 is 6.96. The lowest BCUT2D eigenvalue weighted by Gasteiger charge is -2.30. The van der Waals surface area contributed by atoms with Gasteiger partial charge in [-0.05, 0) is 18.6 Å². The first-order valence-electron chi connectivity index (χ1n) is 5.42. The smallest absolute Gasteiger partial charge is 0.125 e. The van der Waals surface area contributed by atoms with Crippen LogP contribution in [0.5, 0.6) is 5.75 Å². The predicted molar refractivity (Wildman–Crippen MR) is 65.0 cm³/mol. The summed E-state index contributed by atoms with van der Waals surface area (Å²) >= 11 is 3.45. The molecule has 0 aromatic heterocycles. The monoisotopic (exact) mass is 269 g/mol. The van der Waals surface area contributed by atoms with Crippen LogP contribution in [0.1, 0.15) is 37.8 Å². The lowest BCUT2D eigenvalue weighted by molar-refractivity contribution is 0.149. The van der Waals surface area contributed by atoms with Gasteiger partial charge in [-0.3, -0.25) is 0 Å². The van der Waals surface area contributed by atoms with Gasteiger partial charge in [-0.25, -0.2) is 0 Å². The first-order chi connectivity index (χ1) is 7.20. The van der Waals surface area contributed by atoms with Crippen LogP contribution >= 0.6 is 15.9 Å². The maximum absolute atomic E-state index is 6.12. The fraction of sp³-hybridized carbons (Fsp3) is 0.500. The van der Waals surface area contributed by atoms with Gasteiger partial charge in [0.25, 0.3) is 0 Å². The summed E-state index contributed by atoms with van der Waals surface area (Å²) in [5, 5.41) is 0. The zero-order valence-electron chi connectivity index (χ0n) is 8.87. The number of fused-ring (bicyclic) bond motifs is 1. The van der Waals surface area contributed by atoms with Crippen molar-refractivity contribution in [2.75, 3.05) is 0 Å². The predicted octanol–water partition coefficient (Wildman–Crippen LogP) is 3.40. The first kappa shape index (κ1) is 11.0. The molecule has 0 radical (unpaired) electrons. The van der Waals surface area contributed by atoms with E-state index in [2.05, 4.69) is 22.9 Å². The molecule has 3 heteroatoms. The van der Waals surface area contributed by atoms with Gasteiger partial charge < -0.3 is 10.5 Å². The summed E-state index contributed by atoms with van der Waals surface area (Å²) in [7, 11) is 0. The van der Waals surface area contributed by atoms with Crippen LogP contribution in [0.3, 0.4) is 0 Å². The Labute approximate surface area is 98.9 Å². The Morgan fingerprint density at radius 1 is 1.53 bits per heavy atom. The molecule has 0 amide bonds. The molecule has 0 saturated heterocycles. The SMILES string of the molecule is CCCC1C[C@H](N)c2ccc(Br)cc2O1. The second-order valence-corrected chi connectivity index (χ2v) is 4.97. The minimum atomic E-state index is 0.124. The molecular weight excluding hydrogens is 254 g/mol. The molecule has 0 aliphatic carbocycles. The molecule has 1 heterocycles. The van der Waals surface area contributed by atoms with Gasteiger partial charge in [0, 0.05) is 22.5 Å². The maximum atomic E-state index is 6.12. The van der Waals surface area contributed by atoms with E-state index in [0.717, 1.165) is 35.0 Å². The van der Waals surface area contributed by atoms with Gasteiger partial charge >= 0.3 is 0 Å². The van der Waals surface area contributed by atoms with E-state index in [1.165, 1.54) is 0 Å². The van der Waals surface area contributed by atoms with Crippen LogP contribution in [-0.4, -0.2) is 6.10 Å². The van der Waals surface area contributed by atoms with Crippen molar-refractivity contribution in [1.29, 1.82) is 0 Å². The quantitative estimate of drug-likeness (QED) is 0.893. The second-order valence-electron chi connectivity index (χ2n) is 4.05. The average molecular weight is 270 g/mol. The highest BCUT2D eigenvalue weighted by Gasteiger charge is 2.25. The van der Waals surface area contributed by atoms with E-state index in [1.54, 1.807) is 0 Å². The fourth-order valence-corrected chi connectivity index (χ4v) is 2.39. The van der Waals surface area contributed by atoms with Crippen molar-refractivity contribution in [2.45, 2.75) is 38.3 Å². The Morgan fingerprint density at radius 3 is 3.07 bits per heavy atom. The topological polar surface area (TPSA) is 35.2 Å². The normalized spacial score (nSPS) is 24.5. The number of hydrogen-bond donors (Lipinski definition) is 1. The number of nitrogens with two attached hydrogens (primary N) is 1. The van der Waals surface area contributed by atoms with Crippen molar-refractivity contribution in [3.63, 3.8) is 0 Å². The Balaban J connectivity index is 2.25. The molecule has 0 saturated carbocycles. The minimum Gasteiger partial charge on any atom is -0.490 e. The number of hydrogen-bond acceptors (Lipinski definition) is 2. The summed E-state index contributed by atoms with van der Waals surface area (Å²) in [4.78, 5) is 0. The van der Waals surface area contributed by atoms with Crippen LogP contribution in [-0.2, 0) is 0 Å². The van der Waals surface area contributed by atoms with E-state index in [-0.39, 0.29) is 12.1 Å². The van der Waals surface area contributed by atoms with Crippen molar-refractivity contribution >= 4 is 15.9 Å². The molecule has 2 atom stereocenters. The molecule has 2 N–H and O–H groups in total. The van der Waals surface area contributed by atoms with Crippen molar-refractivity contribution in [3.05, 3.63) is 28.2 Å². The third-order valence-corrected chi connectivity index (χ3v) is 3.29. The molecule has 1 aromatic rings. The molecule has 0 spiro atoms. The van der Waals surface area contributed by atoms with Gasteiger partial charge in [0.1, 0.15) is 11.9 Å². The maximum Gasteiger partial charge on any atom is 0.125 e. The molecule has 2 nitrogen and oxygen atoms in total. The van der Waals surface area contributed by atoms with E-state index in [9.17, 15) is 0 Å². The van der Waals surface area contributed by atoms with E-state index < -0.39 is 0 Å². The number of benzene rings is 1.